The highest BCUT2D eigenvalue weighted by Crippen LogP contribution is 2.28. The number of rotatable bonds is 7. The van der Waals surface area contributed by atoms with Crippen molar-refractivity contribution in [1.82, 2.24) is 20.2 Å². The molecule has 3 aromatic carbocycles. The van der Waals surface area contributed by atoms with E-state index >= 15 is 0 Å². The summed E-state index contributed by atoms with van der Waals surface area (Å²) in [5, 5.41) is 13.1. The summed E-state index contributed by atoms with van der Waals surface area (Å²) in [5.41, 5.74) is 5.66. The highest BCUT2D eigenvalue weighted by atomic mass is 79.9. The fourth-order valence-electron chi connectivity index (χ4n) is 3.01. The lowest BCUT2D eigenvalue weighted by molar-refractivity contribution is -0.118. The van der Waals surface area contributed by atoms with E-state index < -0.39 is 5.82 Å². The lowest BCUT2D eigenvalue weighted by Crippen LogP contribution is -2.20. The fourth-order valence-corrected chi connectivity index (χ4v) is 4.14. The number of nitrogens with zero attached hydrogens (tertiary/aromatic N) is 4. The van der Waals surface area contributed by atoms with Gasteiger partial charge in [-0.05, 0) is 37.3 Å². The first-order chi connectivity index (χ1) is 16.0. The number of aryl methyl sites for hydroxylation is 1. The van der Waals surface area contributed by atoms with Gasteiger partial charge in [0, 0.05) is 21.3 Å². The average molecular weight is 524 g/mol. The molecular formula is C24H19BrFN5OS. The van der Waals surface area contributed by atoms with Crippen LogP contribution in [0.15, 0.2) is 87.5 Å². The zero-order valence-corrected chi connectivity index (χ0v) is 20.0. The number of nitrogens with one attached hydrogen (secondary N) is 1. The molecule has 0 aliphatic carbocycles. The number of carbonyl (C=O) groups is 1. The molecule has 1 amide bonds. The summed E-state index contributed by atoms with van der Waals surface area (Å²) in [6.07, 6.45) is 1.27. The topological polar surface area (TPSA) is 72.2 Å². The number of carbonyl (C=O) groups excluding carboxylic acids is 1. The van der Waals surface area contributed by atoms with Crippen molar-refractivity contribution in [2.24, 2.45) is 5.10 Å². The molecule has 1 N–H and O–H groups in total. The smallest absolute Gasteiger partial charge is 0.250 e. The molecule has 0 unspecified atom stereocenters. The maximum absolute atomic E-state index is 13.8. The van der Waals surface area contributed by atoms with E-state index in [0.717, 1.165) is 21.3 Å². The molecule has 1 aromatic heterocycles. The van der Waals surface area contributed by atoms with Crippen LogP contribution >= 0.6 is 27.7 Å². The van der Waals surface area contributed by atoms with E-state index in [1.165, 1.54) is 24.0 Å². The molecule has 6 nitrogen and oxygen atoms in total. The molecule has 0 atom stereocenters. The number of halogens is 2. The number of amides is 1. The quantitative estimate of drug-likeness (QED) is 0.200. The second-order valence-corrected chi connectivity index (χ2v) is 8.95. The van der Waals surface area contributed by atoms with Gasteiger partial charge in [0.1, 0.15) is 5.82 Å². The van der Waals surface area contributed by atoms with E-state index in [4.69, 9.17) is 0 Å². The van der Waals surface area contributed by atoms with Gasteiger partial charge in [0.25, 0.3) is 5.91 Å². The molecule has 4 rings (SSSR count). The van der Waals surface area contributed by atoms with Crippen LogP contribution in [-0.2, 0) is 4.79 Å². The predicted octanol–water partition coefficient (Wildman–Crippen LogP) is 5.39. The van der Waals surface area contributed by atoms with E-state index in [2.05, 4.69) is 36.7 Å². The maximum Gasteiger partial charge on any atom is 0.250 e. The molecule has 9 heteroatoms. The number of para-hydroxylation sites is 1. The second-order valence-electron chi connectivity index (χ2n) is 7.09. The van der Waals surface area contributed by atoms with E-state index in [-0.39, 0.29) is 17.2 Å². The molecule has 0 spiro atoms. The molecule has 0 fully saturated rings. The third-order valence-electron chi connectivity index (χ3n) is 4.64. The molecular weight excluding hydrogens is 505 g/mol. The van der Waals surface area contributed by atoms with Gasteiger partial charge in [0.15, 0.2) is 11.0 Å². The first-order valence-corrected chi connectivity index (χ1v) is 11.8. The Balaban J connectivity index is 1.50. The summed E-state index contributed by atoms with van der Waals surface area (Å²) >= 11 is 4.52. The van der Waals surface area contributed by atoms with Gasteiger partial charge in [0.2, 0.25) is 0 Å². The Morgan fingerprint density at radius 1 is 1.12 bits per heavy atom. The number of benzene rings is 3. The normalized spacial score (nSPS) is 11.1. The number of hydrogen-bond donors (Lipinski definition) is 1. The van der Waals surface area contributed by atoms with Crippen molar-refractivity contribution in [2.75, 3.05) is 5.75 Å². The largest absolute Gasteiger partial charge is 0.272 e. The molecule has 33 heavy (non-hydrogen) atoms. The summed E-state index contributed by atoms with van der Waals surface area (Å²) < 4.78 is 16.4. The molecule has 0 saturated heterocycles. The lowest BCUT2D eigenvalue weighted by atomic mass is 10.1. The van der Waals surface area contributed by atoms with Crippen LogP contribution in [0.3, 0.4) is 0 Å². The molecule has 0 aliphatic rings. The van der Waals surface area contributed by atoms with Crippen LogP contribution < -0.4 is 5.43 Å². The van der Waals surface area contributed by atoms with Crippen LogP contribution in [0.2, 0.25) is 0 Å². The third-order valence-corrected chi connectivity index (χ3v) is 6.06. The predicted molar refractivity (Wildman–Crippen MR) is 132 cm³/mol. The SMILES string of the molecule is Cc1ccc(-c2nnc(SCC(=O)N/N=C/c3cc(Br)ccc3F)n2-c2ccccc2)cc1. The van der Waals surface area contributed by atoms with Crippen molar-refractivity contribution in [2.45, 2.75) is 12.1 Å². The minimum Gasteiger partial charge on any atom is -0.272 e. The summed E-state index contributed by atoms with van der Waals surface area (Å²) in [7, 11) is 0. The van der Waals surface area contributed by atoms with Gasteiger partial charge < -0.3 is 0 Å². The van der Waals surface area contributed by atoms with Crippen molar-refractivity contribution >= 4 is 39.8 Å². The minimum atomic E-state index is -0.426. The van der Waals surface area contributed by atoms with Crippen molar-refractivity contribution in [1.29, 1.82) is 0 Å². The van der Waals surface area contributed by atoms with Gasteiger partial charge in [-0.15, -0.1) is 10.2 Å². The summed E-state index contributed by atoms with van der Waals surface area (Å²) in [4.78, 5) is 12.3. The molecule has 0 bridgehead atoms. The average Bonchev–Trinajstić information content (AvgIpc) is 3.25. The van der Waals surface area contributed by atoms with Crippen LogP contribution in [0.5, 0.6) is 0 Å². The van der Waals surface area contributed by atoms with E-state index in [1.54, 1.807) is 12.1 Å². The Hall–Kier alpha value is -3.30. The monoisotopic (exact) mass is 523 g/mol. The zero-order valence-electron chi connectivity index (χ0n) is 17.6. The Morgan fingerprint density at radius 3 is 2.64 bits per heavy atom. The van der Waals surface area contributed by atoms with Crippen molar-refractivity contribution in [3.8, 4) is 17.1 Å². The van der Waals surface area contributed by atoms with Crippen LogP contribution in [0.25, 0.3) is 17.1 Å². The summed E-state index contributed by atoms with van der Waals surface area (Å²) in [5.74, 6) is -0.0134. The van der Waals surface area contributed by atoms with Crippen molar-refractivity contribution in [3.63, 3.8) is 0 Å². The highest BCUT2D eigenvalue weighted by Gasteiger charge is 2.17. The molecule has 0 radical (unpaired) electrons. The highest BCUT2D eigenvalue weighted by molar-refractivity contribution is 9.10. The number of aromatic nitrogens is 3. The minimum absolute atomic E-state index is 0.0666. The van der Waals surface area contributed by atoms with Gasteiger partial charge in [-0.3, -0.25) is 9.36 Å². The van der Waals surface area contributed by atoms with Crippen molar-refractivity contribution in [3.05, 3.63) is 94.2 Å². The van der Waals surface area contributed by atoms with Gasteiger partial charge in [-0.2, -0.15) is 5.10 Å². The van der Waals surface area contributed by atoms with Gasteiger partial charge in [-0.25, -0.2) is 9.82 Å². The summed E-state index contributed by atoms with van der Waals surface area (Å²) in [6.45, 7) is 2.03. The van der Waals surface area contributed by atoms with Gasteiger partial charge >= 0.3 is 0 Å². The van der Waals surface area contributed by atoms with Gasteiger partial charge in [0.05, 0.1) is 12.0 Å². The Bertz CT molecular complexity index is 1290. The van der Waals surface area contributed by atoms with Gasteiger partial charge in [-0.1, -0.05) is 75.7 Å². The zero-order chi connectivity index (χ0) is 23.2. The second kappa shape index (κ2) is 10.5. The maximum atomic E-state index is 13.8. The van der Waals surface area contributed by atoms with E-state index in [0.29, 0.717) is 11.0 Å². The Labute approximate surface area is 203 Å². The molecule has 4 aromatic rings. The number of thioether (sulfide) groups is 1. The molecule has 166 valence electrons. The van der Waals surface area contributed by atoms with Crippen LogP contribution in [0.4, 0.5) is 4.39 Å². The molecule has 1 heterocycles. The Morgan fingerprint density at radius 2 is 1.88 bits per heavy atom. The standard InChI is InChI=1S/C24H19BrFN5OS/c1-16-7-9-17(10-8-16)23-29-30-24(31(23)20-5-3-2-4-6-20)33-15-22(32)28-27-14-18-13-19(25)11-12-21(18)26/h2-14H,15H2,1H3,(H,28,32)/b27-14+. The first-order valence-electron chi connectivity index (χ1n) is 9.99. The van der Waals surface area contributed by atoms with Crippen LogP contribution in [-0.4, -0.2) is 32.6 Å². The van der Waals surface area contributed by atoms with E-state index in [9.17, 15) is 9.18 Å². The molecule has 0 saturated carbocycles. The van der Waals surface area contributed by atoms with E-state index in [1.807, 2.05) is 66.1 Å². The first kappa shape index (κ1) is 22.9. The third kappa shape index (κ3) is 5.74. The number of hydrogen-bond acceptors (Lipinski definition) is 5. The summed E-state index contributed by atoms with van der Waals surface area (Å²) in [6, 6.07) is 22.3. The molecule has 0 aliphatic heterocycles. The van der Waals surface area contributed by atoms with Crippen LogP contribution in [0, 0.1) is 12.7 Å². The lowest BCUT2D eigenvalue weighted by Gasteiger charge is -2.10. The Kier molecular flexibility index (Phi) is 7.31. The number of hydrazone groups is 1. The fraction of sp³-hybridized carbons (Fsp3) is 0.0833. The van der Waals surface area contributed by atoms with Crippen molar-refractivity contribution < 1.29 is 9.18 Å². The van der Waals surface area contributed by atoms with Crippen LogP contribution in [0.1, 0.15) is 11.1 Å².